The molecule has 0 bridgehead atoms. The van der Waals surface area contributed by atoms with Crippen molar-refractivity contribution in [1.29, 1.82) is 0 Å². The Balaban J connectivity index is 1.52. The Hall–Kier alpha value is -3.80. The fraction of sp³-hybridized carbons (Fsp3) is 0.514. The van der Waals surface area contributed by atoms with Gasteiger partial charge in [-0.2, -0.15) is 0 Å². The third-order valence-electron chi connectivity index (χ3n) is 6.68. The highest BCUT2D eigenvalue weighted by Crippen LogP contribution is 2.23. The summed E-state index contributed by atoms with van der Waals surface area (Å²) >= 11 is 0. The number of hydrogen-bond donors (Lipinski definition) is 3. The number of nitrogens with one attached hydrogen (secondary N) is 3. The molecule has 1 aromatic carbocycles. The quantitative estimate of drug-likeness (QED) is 0.102. The van der Waals surface area contributed by atoms with Crippen molar-refractivity contribution in [3.63, 3.8) is 0 Å². The summed E-state index contributed by atoms with van der Waals surface area (Å²) in [6.07, 6.45) is 14.0. The molecule has 254 valence electrons. The minimum atomic E-state index is -0.619. The van der Waals surface area contributed by atoms with Gasteiger partial charge < -0.3 is 34.9 Å². The summed E-state index contributed by atoms with van der Waals surface area (Å²) in [4.78, 5) is 36.0. The lowest BCUT2D eigenvalue weighted by Gasteiger charge is -2.29. The maximum absolute atomic E-state index is 14.5. The Morgan fingerprint density at radius 1 is 0.804 bits per heavy atom. The molecule has 3 N–H and O–H groups in total. The van der Waals surface area contributed by atoms with Gasteiger partial charge in [0.2, 0.25) is 11.8 Å². The molecule has 1 aliphatic carbocycles. The van der Waals surface area contributed by atoms with Crippen LogP contribution in [0.1, 0.15) is 52.5 Å². The van der Waals surface area contributed by atoms with Gasteiger partial charge in [0.05, 0.1) is 46.1 Å². The van der Waals surface area contributed by atoms with Gasteiger partial charge in [0.1, 0.15) is 0 Å². The normalized spacial score (nSPS) is 14.4. The molecule has 2 amide bonds. The molecule has 10 nitrogen and oxygen atoms in total. The molecule has 0 aliphatic heterocycles. The molecule has 2 rings (SSSR count). The molecular formula is C35H50FN3O7. The van der Waals surface area contributed by atoms with E-state index in [-0.39, 0.29) is 67.7 Å². The summed E-state index contributed by atoms with van der Waals surface area (Å²) in [6.45, 7) is 10.5. The molecule has 0 radical (unpaired) electrons. The van der Waals surface area contributed by atoms with Crippen molar-refractivity contribution in [2.45, 2.75) is 53.5 Å². The van der Waals surface area contributed by atoms with Crippen LogP contribution in [0.4, 0.5) is 4.39 Å². The van der Waals surface area contributed by atoms with Crippen LogP contribution in [0.15, 0.2) is 66.4 Å². The van der Waals surface area contributed by atoms with E-state index in [9.17, 15) is 18.8 Å². The highest BCUT2D eigenvalue weighted by Gasteiger charge is 2.25. The summed E-state index contributed by atoms with van der Waals surface area (Å²) in [7, 11) is 1.62. The Kier molecular flexibility index (Phi) is 17.0. The largest absolute Gasteiger partial charge is 0.423 e. The fourth-order valence-electron chi connectivity index (χ4n) is 4.10. The maximum atomic E-state index is 14.5. The van der Waals surface area contributed by atoms with E-state index in [0.717, 1.165) is 5.70 Å². The first-order chi connectivity index (χ1) is 21.9. The number of carbonyl (C=O) groups is 3. The van der Waals surface area contributed by atoms with Crippen LogP contribution < -0.4 is 20.7 Å². The monoisotopic (exact) mass is 643 g/mol. The first kappa shape index (κ1) is 38.4. The molecule has 46 heavy (non-hydrogen) atoms. The van der Waals surface area contributed by atoms with Gasteiger partial charge >= 0.3 is 5.97 Å². The maximum Gasteiger partial charge on any atom is 0.313 e. The van der Waals surface area contributed by atoms with Crippen molar-refractivity contribution in [3.8, 4) is 5.75 Å². The number of hydrogen-bond acceptors (Lipinski definition) is 8. The molecule has 0 saturated heterocycles. The summed E-state index contributed by atoms with van der Waals surface area (Å²) in [5, 5.41) is 8.76. The summed E-state index contributed by atoms with van der Waals surface area (Å²) in [5.41, 5.74) is 1.04. The van der Waals surface area contributed by atoms with Crippen LogP contribution in [0, 0.1) is 16.6 Å². The van der Waals surface area contributed by atoms with Gasteiger partial charge in [-0.15, -0.1) is 0 Å². The van der Waals surface area contributed by atoms with Gasteiger partial charge in [-0.3, -0.25) is 14.4 Å². The first-order valence-corrected chi connectivity index (χ1v) is 15.5. The highest BCUT2D eigenvalue weighted by molar-refractivity contribution is 5.76. The second kappa shape index (κ2) is 20.3. The highest BCUT2D eigenvalue weighted by atomic mass is 19.1. The second-order valence-electron chi connectivity index (χ2n) is 12.5. The van der Waals surface area contributed by atoms with Crippen LogP contribution in [0.25, 0.3) is 0 Å². The molecule has 0 aromatic heterocycles. The van der Waals surface area contributed by atoms with E-state index in [1.165, 1.54) is 12.1 Å². The number of benzene rings is 1. The van der Waals surface area contributed by atoms with Crippen LogP contribution in [-0.4, -0.2) is 71.0 Å². The van der Waals surface area contributed by atoms with Crippen molar-refractivity contribution in [3.05, 3.63) is 77.8 Å². The predicted octanol–water partition coefficient (Wildman–Crippen LogP) is 4.52. The molecule has 0 saturated carbocycles. The Bertz CT molecular complexity index is 1250. The number of ether oxygens (including phenoxy) is 4. The summed E-state index contributed by atoms with van der Waals surface area (Å²) in [5.74, 6) is -1.51. The summed E-state index contributed by atoms with van der Waals surface area (Å²) in [6, 6.07) is 4.47. The van der Waals surface area contributed by atoms with E-state index in [0.29, 0.717) is 38.3 Å². The number of esters is 1. The number of allylic oxidation sites excluding steroid dienone is 7. The zero-order valence-electron chi connectivity index (χ0n) is 27.8. The lowest BCUT2D eigenvalue weighted by molar-refractivity contribution is -0.136. The SMILES string of the molecule is CNC(=O)CC(C)(C)COCC(C)(C)CNC(=O)CCOCCOCCC(=O)Oc1ccc(CNC2=C/C=C\C=C/C=C2)cc1F. The third kappa shape index (κ3) is 17.0. The number of halogens is 1. The number of amides is 2. The Labute approximate surface area is 272 Å². The van der Waals surface area contributed by atoms with E-state index >= 15 is 0 Å². The smallest absolute Gasteiger partial charge is 0.313 e. The van der Waals surface area contributed by atoms with Crippen molar-refractivity contribution in [2.24, 2.45) is 10.8 Å². The third-order valence-corrected chi connectivity index (χ3v) is 6.68. The standard InChI is InChI=1S/C35H50FN3O7/c1-34(2,22-32(41)37-5)25-45-26-35(3,4)24-39-31(40)15-17-43-19-20-44-18-16-33(42)46-30-14-13-27(21-29(30)36)23-38-28-11-9-7-6-8-10-12-28/h6-14,21,38H,15-20,22-26H2,1-5H3,(H,37,41)(H,39,40)/b7-6-,8-6?,9-7?,10-8-,11-9?,12-10?,28-11?,28-12?. The number of rotatable bonds is 21. The lowest BCUT2D eigenvalue weighted by Crippen LogP contribution is -2.38. The van der Waals surface area contributed by atoms with E-state index < -0.39 is 11.8 Å². The molecule has 0 atom stereocenters. The van der Waals surface area contributed by atoms with Gasteiger partial charge in [-0.1, -0.05) is 64.1 Å². The van der Waals surface area contributed by atoms with Gasteiger partial charge in [0.15, 0.2) is 11.6 Å². The van der Waals surface area contributed by atoms with Gasteiger partial charge in [0, 0.05) is 44.1 Å². The van der Waals surface area contributed by atoms with Crippen molar-refractivity contribution < 1.29 is 37.7 Å². The fourth-order valence-corrected chi connectivity index (χ4v) is 4.10. The minimum Gasteiger partial charge on any atom is -0.423 e. The average molecular weight is 644 g/mol. The molecule has 0 fully saturated rings. The minimum absolute atomic E-state index is 0.0260. The van der Waals surface area contributed by atoms with E-state index in [1.807, 2.05) is 70.2 Å². The first-order valence-electron chi connectivity index (χ1n) is 15.5. The van der Waals surface area contributed by atoms with E-state index in [4.69, 9.17) is 18.9 Å². The topological polar surface area (TPSA) is 124 Å². The lowest BCUT2D eigenvalue weighted by atomic mass is 9.89. The molecular weight excluding hydrogens is 593 g/mol. The van der Waals surface area contributed by atoms with Crippen LogP contribution in [0.2, 0.25) is 0 Å². The molecule has 1 aromatic rings. The van der Waals surface area contributed by atoms with Crippen molar-refractivity contribution in [2.75, 3.05) is 53.2 Å². The van der Waals surface area contributed by atoms with Gasteiger partial charge in [-0.05, 0) is 35.3 Å². The Morgan fingerprint density at radius 3 is 2.20 bits per heavy atom. The van der Waals surface area contributed by atoms with Crippen LogP contribution in [0.5, 0.6) is 5.75 Å². The molecule has 11 heteroatoms. The molecule has 0 spiro atoms. The Morgan fingerprint density at radius 2 is 1.48 bits per heavy atom. The average Bonchev–Trinajstić information content (AvgIpc) is 2.97. The zero-order valence-corrected chi connectivity index (χ0v) is 27.8. The molecule has 0 heterocycles. The van der Waals surface area contributed by atoms with Crippen molar-refractivity contribution >= 4 is 17.8 Å². The van der Waals surface area contributed by atoms with Crippen LogP contribution in [-0.2, 0) is 35.1 Å². The molecule has 0 unspecified atom stereocenters. The van der Waals surface area contributed by atoms with Gasteiger partial charge in [0.25, 0.3) is 0 Å². The van der Waals surface area contributed by atoms with Gasteiger partial charge in [-0.25, -0.2) is 4.39 Å². The van der Waals surface area contributed by atoms with Crippen LogP contribution >= 0.6 is 0 Å². The zero-order chi connectivity index (χ0) is 33.8. The number of carbonyl (C=O) groups excluding carboxylic acids is 3. The second-order valence-corrected chi connectivity index (χ2v) is 12.5. The molecule has 1 aliphatic rings. The summed E-state index contributed by atoms with van der Waals surface area (Å²) < 4.78 is 36.4. The van der Waals surface area contributed by atoms with Crippen LogP contribution in [0.3, 0.4) is 0 Å². The van der Waals surface area contributed by atoms with E-state index in [1.54, 1.807) is 13.1 Å². The van der Waals surface area contributed by atoms with E-state index in [2.05, 4.69) is 16.0 Å². The predicted molar refractivity (Wildman–Crippen MR) is 175 cm³/mol. The van der Waals surface area contributed by atoms with Crippen molar-refractivity contribution in [1.82, 2.24) is 16.0 Å².